The lowest BCUT2D eigenvalue weighted by Crippen LogP contribution is -1.92. The number of nitrogens with zero attached hydrogens (tertiary/aromatic N) is 2. The van der Waals surface area contributed by atoms with Gasteiger partial charge in [-0.05, 0) is 22.0 Å². The summed E-state index contributed by atoms with van der Waals surface area (Å²) >= 11 is 2.76. The molecule has 1 aromatic heterocycles. The molecule has 0 atom stereocenters. The second-order valence-corrected chi connectivity index (χ2v) is 2.90. The number of aromatic hydroxyl groups is 1. The van der Waals surface area contributed by atoms with Crippen molar-refractivity contribution in [2.45, 2.75) is 6.43 Å². The van der Waals surface area contributed by atoms with Crippen molar-refractivity contribution in [1.82, 2.24) is 4.98 Å². The molecular formula is C7H3BrF2N2O. The van der Waals surface area contributed by atoms with Gasteiger partial charge in [-0.3, -0.25) is 0 Å². The number of halogens is 3. The Morgan fingerprint density at radius 2 is 2.23 bits per heavy atom. The molecular weight excluding hydrogens is 246 g/mol. The molecule has 0 radical (unpaired) electrons. The lowest BCUT2D eigenvalue weighted by atomic mass is 10.2. The maximum Gasteiger partial charge on any atom is 0.267 e. The van der Waals surface area contributed by atoms with Crippen LogP contribution in [0.4, 0.5) is 8.78 Å². The summed E-state index contributed by atoms with van der Waals surface area (Å²) in [7, 11) is 0. The van der Waals surface area contributed by atoms with Crippen LogP contribution in [0.2, 0.25) is 0 Å². The normalized spacial score (nSPS) is 10.1. The topological polar surface area (TPSA) is 56.9 Å². The molecule has 0 aliphatic carbocycles. The van der Waals surface area contributed by atoms with Crippen LogP contribution in [-0.4, -0.2) is 10.1 Å². The molecule has 1 aromatic rings. The van der Waals surface area contributed by atoms with Crippen LogP contribution in [0.3, 0.4) is 0 Å². The molecule has 0 aliphatic rings. The molecule has 0 unspecified atom stereocenters. The molecule has 0 spiro atoms. The number of rotatable bonds is 1. The number of hydrogen-bond acceptors (Lipinski definition) is 3. The number of alkyl halides is 2. The highest BCUT2D eigenvalue weighted by Crippen LogP contribution is 2.33. The van der Waals surface area contributed by atoms with E-state index in [1.807, 2.05) is 0 Å². The fourth-order valence-electron chi connectivity index (χ4n) is 0.749. The molecule has 13 heavy (non-hydrogen) atoms. The maximum absolute atomic E-state index is 12.2. The average molecular weight is 249 g/mol. The average Bonchev–Trinajstić information content (AvgIpc) is 2.09. The first kappa shape index (κ1) is 9.86. The van der Waals surface area contributed by atoms with Gasteiger partial charge in [0.15, 0.2) is 5.75 Å². The Hall–Kier alpha value is -1.22. The van der Waals surface area contributed by atoms with Gasteiger partial charge in [0.2, 0.25) is 0 Å². The van der Waals surface area contributed by atoms with E-state index in [-0.39, 0.29) is 10.3 Å². The number of hydrogen-bond donors (Lipinski definition) is 1. The summed E-state index contributed by atoms with van der Waals surface area (Å²) in [4.78, 5) is 3.51. The first-order valence-electron chi connectivity index (χ1n) is 3.14. The van der Waals surface area contributed by atoms with Gasteiger partial charge in [0.05, 0.1) is 5.56 Å². The van der Waals surface area contributed by atoms with Crippen molar-refractivity contribution in [3.05, 3.63) is 21.9 Å². The van der Waals surface area contributed by atoms with Crippen molar-refractivity contribution in [3.8, 4) is 11.8 Å². The fraction of sp³-hybridized carbons (Fsp3) is 0.143. The zero-order valence-electron chi connectivity index (χ0n) is 6.13. The van der Waals surface area contributed by atoms with Crippen molar-refractivity contribution >= 4 is 15.9 Å². The summed E-state index contributed by atoms with van der Waals surface area (Å²) in [6.45, 7) is 0. The standard InChI is InChI=1S/C7H3BrF2N2O/c8-6-5(13)4(7(9)10)1-3(2-11)12-6/h1,7,13H. The molecule has 0 saturated carbocycles. The minimum atomic E-state index is -2.83. The predicted molar refractivity (Wildman–Crippen MR) is 43.3 cm³/mol. The monoisotopic (exact) mass is 248 g/mol. The van der Waals surface area contributed by atoms with Crippen molar-refractivity contribution in [2.24, 2.45) is 0 Å². The molecule has 0 aromatic carbocycles. The third kappa shape index (κ3) is 1.92. The zero-order valence-corrected chi connectivity index (χ0v) is 7.72. The molecule has 3 nitrogen and oxygen atoms in total. The summed E-state index contributed by atoms with van der Waals surface area (Å²) in [5.41, 5.74) is -0.765. The molecule has 68 valence electrons. The van der Waals surface area contributed by atoms with Gasteiger partial charge in [-0.15, -0.1) is 0 Å². The van der Waals surface area contributed by atoms with E-state index in [4.69, 9.17) is 10.4 Å². The van der Waals surface area contributed by atoms with Crippen LogP contribution in [0.15, 0.2) is 10.7 Å². The highest BCUT2D eigenvalue weighted by atomic mass is 79.9. The minimum absolute atomic E-state index is 0.151. The zero-order chi connectivity index (χ0) is 10.0. The Bertz CT molecular complexity index is 375. The number of aromatic nitrogens is 1. The highest BCUT2D eigenvalue weighted by molar-refractivity contribution is 9.10. The van der Waals surface area contributed by atoms with Crippen LogP contribution >= 0.6 is 15.9 Å². The molecule has 0 amide bonds. The van der Waals surface area contributed by atoms with Crippen LogP contribution in [0.5, 0.6) is 5.75 Å². The predicted octanol–water partition coefficient (Wildman–Crippen LogP) is 2.36. The van der Waals surface area contributed by atoms with Crippen molar-refractivity contribution < 1.29 is 13.9 Å². The quantitative estimate of drug-likeness (QED) is 0.777. The fourth-order valence-corrected chi connectivity index (χ4v) is 1.17. The largest absolute Gasteiger partial charge is 0.505 e. The second-order valence-electron chi connectivity index (χ2n) is 2.15. The Morgan fingerprint density at radius 3 is 2.69 bits per heavy atom. The molecule has 0 bridgehead atoms. The first-order chi connectivity index (χ1) is 6.06. The Kier molecular flexibility index (Phi) is 2.78. The van der Waals surface area contributed by atoms with E-state index in [1.165, 1.54) is 0 Å². The summed E-state index contributed by atoms with van der Waals surface area (Å²) in [5.74, 6) is -0.631. The van der Waals surface area contributed by atoms with Crippen molar-refractivity contribution in [3.63, 3.8) is 0 Å². The van der Waals surface area contributed by atoms with Crippen LogP contribution < -0.4 is 0 Å². The minimum Gasteiger partial charge on any atom is -0.505 e. The van der Waals surface area contributed by atoms with Gasteiger partial charge in [0, 0.05) is 0 Å². The van der Waals surface area contributed by atoms with Crippen LogP contribution in [0, 0.1) is 11.3 Å². The van der Waals surface area contributed by atoms with Gasteiger partial charge < -0.3 is 5.11 Å². The number of nitriles is 1. The van der Waals surface area contributed by atoms with Gasteiger partial charge in [-0.25, -0.2) is 13.8 Å². The Morgan fingerprint density at radius 1 is 1.62 bits per heavy atom. The van der Waals surface area contributed by atoms with Gasteiger partial charge >= 0.3 is 0 Å². The van der Waals surface area contributed by atoms with Gasteiger partial charge in [0.25, 0.3) is 6.43 Å². The van der Waals surface area contributed by atoms with Gasteiger partial charge in [-0.1, -0.05) is 0 Å². The summed E-state index contributed by atoms with van der Waals surface area (Å²) in [6, 6.07) is 2.46. The second kappa shape index (κ2) is 3.66. The summed E-state index contributed by atoms with van der Waals surface area (Å²) < 4.78 is 24.3. The van der Waals surface area contributed by atoms with Crippen LogP contribution in [0.1, 0.15) is 17.7 Å². The molecule has 0 fully saturated rings. The van der Waals surface area contributed by atoms with Crippen molar-refractivity contribution in [1.29, 1.82) is 5.26 Å². The van der Waals surface area contributed by atoms with E-state index in [1.54, 1.807) is 6.07 Å². The lowest BCUT2D eigenvalue weighted by molar-refractivity contribution is 0.147. The molecule has 0 aliphatic heterocycles. The van der Waals surface area contributed by atoms with Crippen molar-refractivity contribution in [2.75, 3.05) is 0 Å². The van der Waals surface area contributed by atoms with E-state index in [0.29, 0.717) is 0 Å². The molecule has 1 N–H and O–H groups in total. The van der Waals surface area contributed by atoms with Gasteiger partial charge in [0.1, 0.15) is 16.4 Å². The molecule has 1 heterocycles. The van der Waals surface area contributed by atoms with E-state index in [9.17, 15) is 8.78 Å². The molecule has 1 rings (SSSR count). The molecule has 6 heteroatoms. The number of pyridine rings is 1. The van der Waals surface area contributed by atoms with Crippen LogP contribution in [0.25, 0.3) is 0 Å². The molecule has 0 saturated heterocycles. The third-order valence-electron chi connectivity index (χ3n) is 1.33. The van der Waals surface area contributed by atoms with Crippen LogP contribution in [-0.2, 0) is 0 Å². The first-order valence-corrected chi connectivity index (χ1v) is 3.93. The SMILES string of the molecule is N#Cc1cc(C(F)F)c(O)c(Br)n1. The van der Waals surface area contributed by atoms with E-state index in [2.05, 4.69) is 20.9 Å². The lowest BCUT2D eigenvalue weighted by Gasteiger charge is -2.04. The van der Waals surface area contributed by atoms with E-state index >= 15 is 0 Å². The summed E-state index contributed by atoms with van der Waals surface area (Å²) in [5, 5.41) is 17.5. The Balaban J connectivity index is 3.35. The van der Waals surface area contributed by atoms with E-state index in [0.717, 1.165) is 6.07 Å². The van der Waals surface area contributed by atoms with E-state index < -0.39 is 17.7 Å². The smallest absolute Gasteiger partial charge is 0.267 e. The maximum atomic E-state index is 12.2. The third-order valence-corrected chi connectivity index (χ3v) is 1.88. The summed E-state index contributed by atoms with van der Waals surface area (Å²) in [6.07, 6.45) is -2.83. The highest BCUT2D eigenvalue weighted by Gasteiger charge is 2.17. The van der Waals surface area contributed by atoms with Gasteiger partial charge in [-0.2, -0.15) is 5.26 Å². The Labute approximate surface area is 80.8 Å².